The van der Waals surface area contributed by atoms with E-state index in [9.17, 15) is 14.7 Å². The van der Waals surface area contributed by atoms with Crippen LogP contribution in [-0.2, 0) is 0 Å². The summed E-state index contributed by atoms with van der Waals surface area (Å²) in [6.45, 7) is 1.82. The maximum absolute atomic E-state index is 12.6. The molecule has 1 aromatic carbocycles. The van der Waals surface area contributed by atoms with E-state index in [1.807, 2.05) is 13.0 Å². The van der Waals surface area contributed by atoms with Gasteiger partial charge < -0.3 is 15.4 Å². The van der Waals surface area contributed by atoms with E-state index in [1.54, 1.807) is 36.8 Å². The number of carbonyl (C=O) groups is 1. The van der Waals surface area contributed by atoms with Gasteiger partial charge in [0.15, 0.2) is 11.4 Å². The molecule has 3 N–H and O–H groups in total. The van der Waals surface area contributed by atoms with Crippen molar-refractivity contribution in [2.45, 2.75) is 6.92 Å². The van der Waals surface area contributed by atoms with Crippen LogP contribution in [0.1, 0.15) is 15.9 Å². The van der Waals surface area contributed by atoms with Crippen molar-refractivity contribution in [3.63, 3.8) is 0 Å². The first-order chi connectivity index (χ1) is 12.0. The number of anilines is 2. The summed E-state index contributed by atoms with van der Waals surface area (Å²) in [5.41, 5.74) is 2.33. The largest absolute Gasteiger partial charge is 0.477 e. The summed E-state index contributed by atoms with van der Waals surface area (Å²) in [6, 6.07) is 8.78. The van der Waals surface area contributed by atoms with Gasteiger partial charge in [0, 0.05) is 11.9 Å². The molecular formula is C17H13N5O3. The van der Waals surface area contributed by atoms with Crippen LogP contribution in [0.25, 0.3) is 16.7 Å². The van der Waals surface area contributed by atoms with Gasteiger partial charge in [-0.15, -0.1) is 0 Å². The predicted molar refractivity (Wildman–Crippen MR) is 92.5 cm³/mol. The third kappa shape index (κ3) is 2.49. The molecule has 0 saturated carbocycles. The van der Waals surface area contributed by atoms with Gasteiger partial charge in [0.1, 0.15) is 5.65 Å². The van der Waals surface area contributed by atoms with Gasteiger partial charge in [-0.25, -0.2) is 14.8 Å². The number of aromatic carboxylic acids is 1. The Bertz CT molecular complexity index is 1190. The van der Waals surface area contributed by atoms with E-state index in [0.717, 1.165) is 16.6 Å². The molecule has 3 heterocycles. The van der Waals surface area contributed by atoms with Crippen molar-refractivity contribution >= 4 is 34.2 Å². The van der Waals surface area contributed by atoms with Crippen LogP contribution < -0.4 is 10.9 Å². The summed E-state index contributed by atoms with van der Waals surface area (Å²) in [5, 5.41) is 12.4. The molecule has 4 rings (SSSR count). The zero-order chi connectivity index (χ0) is 17.6. The Morgan fingerprint density at radius 2 is 2.12 bits per heavy atom. The Hall–Kier alpha value is -3.68. The molecule has 0 amide bonds. The first-order valence-corrected chi connectivity index (χ1v) is 7.49. The molecule has 0 atom stereocenters. The highest BCUT2D eigenvalue weighted by Crippen LogP contribution is 2.21. The van der Waals surface area contributed by atoms with Crippen molar-refractivity contribution in [1.82, 2.24) is 19.4 Å². The highest BCUT2D eigenvalue weighted by Gasteiger charge is 2.19. The van der Waals surface area contributed by atoms with Crippen molar-refractivity contribution < 1.29 is 9.90 Å². The SMILES string of the molecule is Cc1ccc2nc(Nc3ccc4nc[nH]c4c3)c(C(=O)O)c(=O)n2c1. The molecule has 0 aliphatic carbocycles. The molecule has 25 heavy (non-hydrogen) atoms. The topological polar surface area (TPSA) is 112 Å². The first-order valence-electron chi connectivity index (χ1n) is 7.49. The van der Waals surface area contributed by atoms with E-state index in [2.05, 4.69) is 20.3 Å². The van der Waals surface area contributed by atoms with Crippen molar-refractivity contribution in [1.29, 1.82) is 0 Å². The van der Waals surface area contributed by atoms with E-state index >= 15 is 0 Å². The number of benzene rings is 1. The number of hydrogen-bond acceptors (Lipinski definition) is 5. The number of imidazole rings is 1. The van der Waals surface area contributed by atoms with E-state index < -0.39 is 17.1 Å². The van der Waals surface area contributed by atoms with Crippen LogP contribution in [0.5, 0.6) is 0 Å². The average Bonchev–Trinajstić information content (AvgIpc) is 3.03. The number of hydrogen-bond donors (Lipinski definition) is 3. The van der Waals surface area contributed by atoms with Gasteiger partial charge in [0.05, 0.1) is 17.4 Å². The number of pyridine rings is 1. The Labute approximate surface area is 140 Å². The molecule has 0 bridgehead atoms. The van der Waals surface area contributed by atoms with Crippen LogP contribution in [0, 0.1) is 6.92 Å². The molecule has 8 heteroatoms. The molecule has 0 radical (unpaired) electrons. The minimum Gasteiger partial charge on any atom is -0.477 e. The minimum absolute atomic E-state index is 0.000202. The fraction of sp³-hybridized carbons (Fsp3) is 0.0588. The molecular weight excluding hydrogens is 322 g/mol. The lowest BCUT2D eigenvalue weighted by Crippen LogP contribution is -2.25. The molecule has 0 aliphatic rings. The smallest absolute Gasteiger partial charge is 0.345 e. The molecule has 4 aromatic rings. The number of carboxylic acid groups (broad SMARTS) is 1. The standard InChI is InChI=1S/C17H13N5O3/c1-9-2-5-13-21-15(14(17(24)25)16(23)22(13)7-9)20-10-3-4-11-12(6-10)19-8-18-11/h2-8,20H,1H3,(H,18,19)(H,24,25). The second kappa shape index (κ2) is 5.45. The lowest BCUT2D eigenvalue weighted by atomic mass is 10.2. The Balaban J connectivity index is 1.90. The molecule has 0 spiro atoms. The minimum atomic E-state index is -1.33. The molecule has 0 unspecified atom stereocenters. The Kier molecular flexibility index (Phi) is 3.24. The summed E-state index contributed by atoms with van der Waals surface area (Å²) in [6.07, 6.45) is 3.14. The first kappa shape index (κ1) is 14.9. The normalized spacial score (nSPS) is 11.1. The Morgan fingerprint density at radius 3 is 2.92 bits per heavy atom. The summed E-state index contributed by atoms with van der Waals surface area (Å²) in [5.74, 6) is -1.33. The molecule has 0 saturated heterocycles. The van der Waals surface area contributed by atoms with E-state index in [1.165, 1.54) is 4.40 Å². The average molecular weight is 335 g/mol. The van der Waals surface area contributed by atoms with E-state index in [0.29, 0.717) is 11.3 Å². The fourth-order valence-electron chi connectivity index (χ4n) is 2.68. The molecule has 0 aliphatic heterocycles. The number of rotatable bonds is 3. The van der Waals surface area contributed by atoms with E-state index in [4.69, 9.17) is 0 Å². The molecule has 3 aromatic heterocycles. The maximum Gasteiger partial charge on any atom is 0.345 e. The summed E-state index contributed by atoms with van der Waals surface area (Å²) in [4.78, 5) is 35.6. The fourth-order valence-corrected chi connectivity index (χ4v) is 2.68. The van der Waals surface area contributed by atoms with Crippen LogP contribution >= 0.6 is 0 Å². The van der Waals surface area contributed by atoms with Gasteiger partial charge in [0.2, 0.25) is 0 Å². The monoisotopic (exact) mass is 335 g/mol. The van der Waals surface area contributed by atoms with Crippen molar-refractivity contribution in [3.8, 4) is 0 Å². The van der Waals surface area contributed by atoms with Gasteiger partial charge in [-0.3, -0.25) is 9.20 Å². The van der Waals surface area contributed by atoms with Gasteiger partial charge in [-0.05, 0) is 36.8 Å². The number of H-pyrrole nitrogens is 1. The lowest BCUT2D eigenvalue weighted by Gasteiger charge is -2.11. The van der Waals surface area contributed by atoms with Gasteiger partial charge in [0.25, 0.3) is 5.56 Å². The van der Waals surface area contributed by atoms with Crippen LogP contribution in [0.15, 0.2) is 47.7 Å². The van der Waals surface area contributed by atoms with Crippen molar-refractivity contribution in [2.75, 3.05) is 5.32 Å². The zero-order valence-electron chi connectivity index (χ0n) is 13.1. The lowest BCUT2D eigenvalue weighted by molar-refractivity contribution is 0.0695. The second-order valence-electron chi connectivity index (χ2n) is 5.64. The number of fused-ring (bicyclic) bond motifs is 2. The van der Waals surface area contributed by atoms with Gasteiger partial charge >= 0.3 is 5.97 Å². The number of carboxylic acids is 1. The quantitative estimate of drug-likeness (QED) is 0.530. The molecule has 0 fully saturated rings. The number of aromatic amines is 1. The number of aryl methyl sites for hydroxylation is 1. The van der Waals surface area contributed by atoms with Crippen molar-refractivity contribution in [2.24, 2.45) is 0 Å². The predicted octanol–water partition coefficient (Wildman–Crippen LogP) is 2.32. The van der Waals surface area contributed by atoms with Crippen LogP contribution in [0.4, 0.5) is 11.5 Å². The summed E-state index contributed by atoms with van der Waals surface area (Å²) in [7, 11) is 0. The summed E-state index contributed by atoms with van der Waals surface area (Å²) >= 11 is 0. The zero-order valence-corrected chi connectivity index (χ0v) is 13.1. The number of aromatic nitrogens is 4. The van der Waals surface area contributed by atoms with Gasteiger partial charge in [-0.1, -0.05) is 6.07 Å². The Morgan fingerprint density at radius 1 is 1.28 bits per heavy atom. The molecule has 124 valence electrons. The second-order valence-corrected chi connectivity index (χ2v) is 5.64. The number of nitrogens with one attached hydrogen (secondary N) is 2. The third-order valence-electron chi connectivity index (χ3n) is 3.87. The number of nitrogens with zero attached hydrogens (tertiary/aromatic N) is 3. The summed E-state index contributed by atoms with van der Waals surface area (Å²) < 4.78 is 1.24. The van der Waals surface area contributed by atoms with Gasteiger partial charge in [-0.2, -0.15) is 0 Å². The van der Waals surface area contributed by atoms with Crippen LogP contribution in [-0.4, -0.2) is 30.4 Å². The van der Waals surface area contributed by atoms with Crippen molar-refractivity contribution in [3.05, 3.63) is 64.3 Å². The highest BCUT2D eigenvalue weighted by atomic mass is 16.4. The maximum atomic E-state index is 12.6. The molecule has 8 nitrogen and oxygen atoms in total. The third-order valence-corrected chi connectivity index (χ3v) is 3.87. The van der Waals surface area contributed by atoms with Crippen LogP contribution in [0.3, 0.4) is 0 Å². The van der Waals surface area contributed by atoms with E-state index in [-0.39, 0.29) is 5.82 Å². The van der Waals surface area contributed by atoms with Crippen LogP contribution in [0.2, 0.25) is 0 Å². The highest BCUT2D eigenvalue weighted by molar-refractivity contribution is 5.94.